The zero-order chi connectivity index (χ0) is 4.28. The van der Waals surface area contributed by atoms with Gasteiger partial charge in [-0.2, -0.15) is 8.78 Å². The molecule has 0 atom stereocenters. The third-order valence-electron chi connectivity index (χ3n) is 0.218. The maximum atomic E-state index is 10.6. The molecule has 0 heterocycles. The Morgan fingerprint density at radius 1 is 1.50 bits per heavy atom. The van der Waals surface area contributed by atoms with E-state index in [2.05, 4.69) is 0 Å². The smallest absolute Gasteiger partial charge is 0.174 e. The normalized spacial score (nSPS) is 5.83. The van der Waals surface area contributed by atoms with E-state index in [1.807, 2.05) is 0 Å². The van der Waals surface area contributed by atoms with Gasteiger partial charge < -0.3 is 0 Å². The summed E-state index contributed by atoms with van der Waals surface area (Å²) in [6, 6.07) is 0. The highest BCUT2D eigenvalue weighted by atomic mass is 19.3. The van der Waals surface area contributed by atoms with Crippen molar-refractivity contribution in [3.8, 4) is 0 Å². The quantitative estimate of drug-likeness (QED) is 0.432. The fraction of sp³-hybridized carbons (Fsp3) is 0.500. The fourth-order valence-electron chi connectivity index (χ4n) is 0. The molecule has 6 heavy (non-hydrogen) atoms. The highest BCUT2D eigenvalue weighted by molar-refractivity contribution is 4.72. The second kappa shape index (κ2) is 4.60. The van der Waals surface area contributed by atoms with Gasteiger partial charge in [-0.15, -0.1) is 0 Å². The summed E-state index contributed by atoms with van der Waals surface area (Å²) >= 11 is 0. The van der Waals surface area contributed by atoms with Crippen LogP contribution < -0.4 is 0 Å². The van der Waals surface area contributed by atoms with Gasteiger partial charge in [0.25, 0.3) is 6.08 Å². The molecule has 0 amide bonds. The zero-order valence-corrected chi connectivity index (χ0v) is 2.83. The van der Waals surface area contributed by atoms with Crippen LogP contribution in [0.2, 0.25) is 0 Å². The Labute approximate surface area is 36.5 Å². The van der Waals surface area contributed by atoms with Crippen molar-refractivity contribution in [1.82, 2.24) is 0 Å². The van der Waals surface area contributed by atoms with E-state index in [4.69, 9.17) is 0 Å². The minimum absolute atomic E-state index is 0. The maximum absolute atomic E-state index is 10.6. The largest absolute Gasteiger partial charge is 0.266 e. The summed E-state index contributed by atoms with van der Waals surface area (Å²) in [7, 11) is 0. The second-order valence-corrected chi connectivity index (χ2v) is 0.578. The fourth-order valence-corrected chi connectivity index (χ4v) is 0. The van der Waals surface area contributed by atoms with Gasteiger partial charge in [0.1, 0.15) is 0 Å². The molecular formula is C4H8F2. The highest BCUT2D eigenvalue weighted by Gasteiger charge is 1.74. The minimum Gasteiger partial charge on any atom is -0.174 e. The van der Waals surface area contributed by atoms with Crippen molar-refractivity contribution >= 4 is 0 Å². The third-order valence-corrected chi connectivity index (χ3v) is 0.218. The summed E-state index contributed by atoms with van der Waals surface area (Å²) in [6.07, 6.45) is -0.870. The molecule has 0 saturated heterocycles. The van der Waals surface area contributed by atoms with Crippen molar-refractivity contribution in [2.75, 3.05) is 0 Å². The molecule has 2 heteroatoms. The lowest BCUT2D eigenvalue weighted by Gasteiger charge is -1.62. The Morgan fingerprint density at radius 3 is 1.67 bits per heavy atom. The predicted octanol–water partition coefficient (Wildman–Crippen LogP) is 2.42. The molecule has 0 spiro atoms. The highest BCUT2D eigenvalue weighted by Crippen LogP contribution is 1.92. The molecule has 0 fully saturated rings. The molecule has 0 saturated carbocycles. The van der Waals surface area contributed by atoms with Crippen LogP contribution in [-0.2, 0) is 0 Å². The topological polar surface area (TPSA) is 0 Å². The van der Waals surface area contributed by atoms with Gasteiger partial charge in [-0.05, 0) is 13.0 Å². The van der Waals surface area contributed by atoms with Crippen LogP contribution in [0, 0.1) is 0 Å². The van der Waals surface area contributed by atoms with Crippen molar-refractivity contribution in [1.29, 1.82) is 0 Å². The Morgan fingerprint density at radius 2 is 1.67 bits per heavy atom. The van der Waals surface area contributed by atoms with Crippen LogP contribution in [0.25, 0.3) is 0 Å². The van der Waals surface area contributed by atoms with Crippen LogP contribution in [0.15, 0.2) is 12.2 Å². The molecule has 0 aromatic heterocycles. The monoisotopic (exact) mass is 94.1 g/mol. The molecule has 0 unspecified atom stereocenters. The van der Waals surface area contributed by atoms with Gasteiger partial charge in [0.15, 0.2) is 0 Å². The summed E-state index contributed by atoms with van der Waals surface area (Å²) in [5.41, 5.74) is 0. The standard InChI is InChI=1S/C3H4F2.CH4/c1-2-3(4)5;/h2H,1H3;1H4. The average molecular weight is 94.1 g/mol. The number of halogens is 2. The van der Waals surface area contributed by atoms with Crippen molar-refractivity contribution < 1.29 is 8.78 Å². The molecule has 0 aliphatic heterocycles. The lowest BCUT2D eigenvalue weighted by atomic mass is 10.7. The first-order valence-corrected chi connectivity index (χ1v) is 1.24. The molecule has 0 nitrogen and oxygen atoms in total. The molecule has 0 N–H and O–H groups in total. The summed E-state index contributed by atoms with van der Waals surface area (Å²) in [5, 5.41) is 0. The number of hydrogen-bond acceptors (Lipinski definition) is 0. The van der Waals surface area contributed by atoms with E-state index in [0.29, 0.717) is 0 Å². The lowest BCUT2D eigenvalue weighted by Crippen LogP contribution is -1.44. The van der Waals surface area contributed by atoms with Gasteiger partial charge in [-0.25, -0.2) is 0 Å². The van der Waals surface area contributed by atoms with E-state index < -0.39 is 6.08 Å². The number of hydrogen-bond donors (Lipinski definition) is 0. The van der Waals surface area contributed by atoms with E-state index in [9.17, 15) is 8.78 Å². The van der Waals surface area contributed by atoms with E-state index in [-0.39, 0.29) is 7.43 Å². The van der Waals surface area contributed by atoms with Crippen LogP contribution >= 0.6 is 0 Å². The Balaban J connectivity index is 0. The first-order chi connectivity index (χ1) is 2.27. The molecule has 38 valence electrons. The van der Waals surface area contributed by atoms with Crippen LogP contribution in [0.3, 0.4) is 0 Å². The third kappa shape index (κ3) is 9.51. The summed E-state index contributed by atoms with van der Waals surface area (Å²) in [6.45, 7) is 1.29. The Kier molecular flexibility index (Phi) is 7.01. The van der Waals surface area contributed by atoms with Crippen LogP contribution in [0.1, 0.15) is 14.4 Å². The molecule has 0 aromatic rings. The van der Waals surface area contributed by atoms with Crippen molar-refractivity contribution in [2.24, 2.45) is 0 Å². The van der Waals surface area contributed by atoms with E-state index in [1.54, 1.807) is 0 Å². The summed E-state index contributed by atoms with van der Waals surface area (Å²) in [4.78, 5) is 0. The van der Waals surface area contributed by atoms with Crippen LogP contribution in [0.5, 0.6) is 0 Å². The lowest BCUT2D eigenvalue weighted by molar-refractivity contribution is 0.420. The van der Waals surface area contributed by atoms with Crippen molar-refractivity contribution in [3.63, 3.8) is 0 Å². The molecule has 0 radical (unpaired) electrons. The Hall–Kier alpha value is -0.400. The summed E-state index contributed by atoms with van der Waals surface area (Å²) in [5.74, 6) is 0. The SMILES string of the molecule is C.CC=C(F)F. The first-order valence-electron chi connectivity index (χ1n) is 1.24. The van der Waals surface area contributed by atoms with Gasteiger partial charge in [0, 0.05) is 0 Å². The average Bonchev–Trinajstić information content (AvgIpc) is 1.38. The van der Waals surface area contributed by atoms with Gasteiger partial charge in [0.2, 0.25) is 0 Å². The van der Waals surface area contributed by atoms with Gasteiger partial charge in [0.05, 0.1) is 0 Å². The molecule has 0 bridgehead atoms. The molecule has 0 aromatic carbocycles. The van der Waals surface area contributed by atoms with Crippen LogP contribution in [0.4, 0.5) is 8.78 Å². The zero-order valence-electron chi connectivity index (χ0n) is 2.83. The Bertz CT molecular complexity index is 43.5. The number of rotatable bonds is 0. The van der Waals surface area contributed by atoms with Crippen molar-refractivity contribution in [2.45, 2.75) is 14.4 Å². The minimum atomic E-state index is -1.62. The van der Waals surface area contributed by atoms with Gasteiger partial charge in [-0.3, -0.25) is 0 Å². The summed E-state index contributed by atoms with van der Waals surface area (Å²) < 4.78 is 21.2. The molecular weight excluding hydrogens is 86.0 g/mol. The first kappa shape index (κ1) is 9.14. The van der Waals surface area contributed by atoms with Gasteiger partial charge in [-0.1, -0.05) is 7.43 Å². The molecule has 0 aliphatic carbocycles. The number of allylic oxidation sites excluding steroid dienone is 1. The predicted molar refractivity (Wildman–Crippen MR) is 22.7 cm³/mol. The van der Waals surface area contributed by atoms with Gasteiger partial charge >= 0.3 is 0 Å². The maximum Gasteiger partial charge on any atom is 0.266 e. The van der Waals surface area contributed by atoms with Crippen molar-refractivity contribution in [3.05, 3.63) is 12.2 Å². The molecule has 0 aliphatic rings. The van der Waals surface area contributed by atoms with Crippen LogP contribution in [-0.4, -0.2) is 0 Å². The van der Waals surface area contributed by atoms with E-state index in [0.717, 1.165) is 6.08 Å². The van der Waals surface area contributed by atoms with E-state index >= 15 is 0 Å². The van der Waals surface area contributed by atoms with E-state index in [1.165, 1.54) is 6.92 Å². The second-order valence-electron chi connectivity index (χ2n) is 0.578. The molecule has 0 rings (SSSR count).